The zero-order valence-corrected chi connectivity index (χ0v) is 18.7. The van der Waals surface area contributed by atoms with E-state index in [1.807, 2.05) is 49.4 Å². The lowest BCUT2D eigenvalue weighted by molar-refractivity contribution is 0.103. The maximum atomic E-state index is 13.6. The Morgan fingerprint density at radius 3 is 2.67 bits per heavy atom. The van der Waals surface area contributed by atoms with Gasteiger partial charge in [-0.25, -0.2) is 4.98 Å². The van der Waals surface area contributed by atoms with Crippen molar-refractivity contribution in [3.8, 4) is 17.2 Å². The van der Waals surface area contributed by atoms with E-state index in [1.165, 1.54) is 12.5 Å². The molecular formula is C25H19ClN4O3. The number of carbonyl (C=O) groups is 1. The van der Waals surface area contributed by atoms with Crippen LogP contribution in [0.25, 0.3) is 22.4 Å². The van der Waals surface area contributed by atoms with Crippen LogP contribution in [-0.2, 0) is 6.54 Å². The lowest BCUT2D eigenvalue weighted by Gasteiger charge is -2.09. The molecule has 0 saturated carbocycles. The Morgan fingerprint density at radius 2 is 1.94 bits per heavy atom. The summed E-state index contributed by atoms with van der Waals surface area (Å²) in [5.74, 6) is 0.759. The summed E-state index contributed by atoms with van der Waals surface area (Å²) in [4.78, 5) is 18.0. The zero-order chi connectivity index (χ0) is 22.9. The van der Waals surface area contributed by atoms with Gasteiger partial charge in [0, 0.05) is 28.2 Å². The third kappa shape index (κ3) is 3.87. The minimum atomic E-state index is -0.224. The van der Waals surface area contributed by atoms with Crippen LogP contribution >= 0.6 is 11.6 Å². The Hall–Kier alpha value is -3.97. The highest BCUT2D eigenvalue weighted by atomic mass is 35.5. The highest BCUT2D eigenvalue weighted by Crippen LogP contribution is 2.32. The number of methoxy groups -OCH3 is 1. The van der Waals surface area contributed by atoms with Crippen LogP contribution in [-0.4, -0.2) is 32.6 Å². The number of ketones is 1. The van der Waals surface area contributed by atoms with Crippen molar-refractivity contribution >= 4 is 28.3 Å². The summed E-state index contributed by atoms with van der Waals surface area (Å²) in [6.45, 7) is 2.52. The van der Waals surface area contributed by atoms with Gasteiger partial charge in [0.1, 0.15) is 12.0 Å². The highest BCUT2D eigenvalue weighted by molar-refractivity contribution is 6.30. The molecule has 2 aromatic carbocycles. The summed E-state index contributed by atoms with van der Waals surface area (Å²) in [6, 6.07) is 15.1. The second-order valence-electron chi connectivity index (χ2n) is 7.55. The first-order valence-electron chi connectivity index (χ1n) is 10.2. The van der Waals surface area contributed by atoms with Crippen molar-refractivity contribution in [2.75, 3.05) is 7.11 Å². The third-order valence-electron chi connectivity index (χ3n) is 5.58. The second kappa shape index (κ2) is 8.52. The number of halogens is 1. The molecule has 0 fully saturated rings. The van der Waals surface area contributed by atoms with Crippen molar-refractivity contribution in [1.82, 2.24) is 19.7 Å². The number of rotatable bonds is 6. The summed E-state index contributed by atoms with van der Waals surface area (Å²) in [7, 11) is 1.60. The average Bonchev–Trinajstić information content (AvgIpc) is 3.44. The van der Waals surface area contributed by atoms with Crippen molar-refractivity contribution in [2.24, 2.45) is 0 Å². The van der Waals surface area contributed by atoms with Gasteiger partial charge in [-0.05, 0) is 48.9 Å². The molecule has 3 heterocycles. The summed E-state index contributed by atoms with van der Waals surface area (Å²) in [5, 5.41) is 9.06. The molecular weight excluding hydrogens is 440 g/mol. The average molecular weight is 459 g/mol. The summed E-state index contributed by atoms with van der Waals surface area (Å²) in [6.07, 6.45) is 4.45. The van der Waals surface area contributed by atoms with Gasteiger partial charge in [0.2, 0.25) is 11.7 Å². The molecule has 8 heteroatoms. The van der Waals surface area contributed by atoms with Gasteiger partial charge in [-0.15, -0.1) is 0 Å². The van der Waals surface area contributed by atoms with Crippen molar-refractivity contribution in [1.29, 1.82) is 0 Å². The normalized spacial score (nSPS) is 11.1. The van der Waals surface area contributed by atoms with Crippen LogP contribution in [0.4, 0.5) is 0 Å². The molecule has 33 heavy (non-hydrogen) atoms. The van der Waals surface area contributed by atoms with Gasteiger partial charge in [-0.1, -0.05) is 23.7 Å². The van der Waals surface area contributed by atoms with Gasteiger partial charge in [-0.3, -0.25) is 4.79 Å². The SMILES string of the molecule is COc1ccc2c(c1)c(C(=O)c1coc(-c3ccnnc3)n1)c(C)n2Cc1ccc(Cl)cc1. The third-order valence-corrected chi connectivity index (χ3v) is 5.83. The Labute approximate surface area is 194 Å². The second-order valence-corrected chi connectivity index (χ2v) is 7.99. The Morgan fingerprint density at radius 1 is 1.12 bits per heavy atom. The number of oxazole rings is 1. The molecule has 7 nitrogen and oxygen atoms in total. The van der Waals surface area contributed by atoms with Gasteiger partial charge in [0.15, 0.2) is 5.69 Å². The highest BCUT2D eigenvalue weighted by Gasteiger charge is 2.24. The quantitative estimate of drug-likeness (QED) is 0.319. The van der Waals surface area contributed by atoms with E-state index in [0.717, 1.165) is 22.2 Å². The molecule has 0 aliphatic rings. The molecule has 0 aliphatic heterocycles. The van der Waals surface area contributed by atoms with E-state index >= 15 is 0 Å². The molecule has 0 spiro atoms. The lowest BCUT2D eigenvalue weighted by Crippen LogP contribution is -2.06. The number of hydrogen-bond acceptors (Lipinski definition) is 6. The molecule has 164 valence electrons. The first kappa shape index (κ1) is 20.9. The van der Waals surface area contributed by atoms with Gasteiger partial charge in [-0.2, -0.15) is 10.2 Å². The molecule has 0 aliphatic carbocycles. The number of ether oxygens (including phenoxy) is 1. The minimum Gasteiger partial charge on any atom is -0.497 e. The summed E-state index contributed by atoms with van der Waals surface area (Å²) < 4.78 is 13.1. The molecule has 0 amide bonds. The molecule has 5 aromatic rings. The Kier molecular flexibility index (Phi) is 5.40. The van der Waals surface area contributed by atoms with Crippen molar-refractivity contribution in [3.05, 3.63) is 94.7 Å². The Bertz CT molecular complexity index is 1460. The van der Waals surface area contributed by atoms with Crippen molar-refractivity contribution < 1.29 is 13.9 Å². The summed E-state index contributed by atoms with van der Waals surface area (Å²) >= 11 is 6.05. The standard InChI is InChI=1S/C25H19ClN4O3/c1-15-23(24(31)21-14-33-25(29-21)17-9-10-27-28-12-17)20-11-19(32-2)7-8-22(20)30(15)13-16-3-5-18(26)6-4-16/h3-12,14H,13H2,1-2H3. The predicted octanol–water partition coefficient (Wildman–Crippen LogP) is 5.34. The smallest absolute Gasteiger partial charge is 0.228 e. The number of nitrogens with zero attached hydrogens (tertiary/aromatic N) is 4. The van der Waals surface area contributed by atoms with Crippen LogP contribution in [0.15, 0.2) is 71.6 Å². The molecule has 0 radical (unpaired) electrons. The topological polar surface area (TPSA) is 83.0 Å². The number of aromatic nitrogens is 4. The first-order valence-corrected chi connectivity index (χ1v) is 10.6. The number of carbonyl (C=O) groups excluding carboxylic acids is 1. The zero-order valence-electron chi connectivity index (χ0n) is 17.9. The number of benzene rings is 2. The monoisotopic (exact) mass is 458 g/mol. The molecule has 5 rings (SSSR count). The van der Waals surface area contributed by atoms with Crippen molar-refractivity contribution in [3.63, 3.8) is 0 Å². The van der Waals surface area contributed by atoms with Crippen LogP contribution < -0.4 is 4.74 Å². The molecule has 0 atom stereocenters. The fourth-order valence-corrected chi connectivity index (χ4v) is 4.03. The van der Waals surface area contributed by atoms with Gasteiger partial charge in [0.25, 0.3) is 0 Å². The fourth-order valence-electron chi connectivity index (χ4n) is 3.91. The lowest BCUT2D eigenvalue weighted by atomic mass is 10.0. The van der Waals surface area contributed by atoms with Crippen LogP contribution in [0.5, 0.6) is 5.75 Å². The molecule has 0 unspecified atom stereocenters. The largest absolute Gasteiger partial charge is 0.497 e. The van der Waals surface area contributed by atoms with Crippen molar-refractivity contribution in [2.45, 2.75) is 13.5 Å². The minimum absolute atomic E-state index is 0.221. The maximum Gasteiger partial charge on any atom is 0.228 e. The fraction of sp³-hybridized carbons (Fsp3) is 0.120. The van der Waals surface area contributed by atoms with E-state index in [1.54, 1.807) is 19.4 Å². The van der Waals surface area contributed by atoms with E-state index in [9.17, 15) is 4.79 Å². The number of fused-ring (bicyclic) bond motifs is 1. The van der Waals surface area contributed by atoms with Gasteiger partial charge in [0.05, 0.1) is 30.6 Å². The van der Waals surface area contributed by atoms with E-state index in [4.69, 9.17) is 20.8 Å². The predicted molar refractivity (Wildman–Crippen MR) is 125 cm³/mol. The molecule has 0 bridgehead atoms. The Balaban J connectivity index is 1.61. The van der Waals surface area contributed by atoms with Crippen LogP contribution in [0.2, 0.25) is 5.02 Å². The number of hydrogen-bond donors (Lipinski definition) is 0. The van der Waals surface area contributed by atoms with Crippen LogP contribution in [0, 0.1) is 6.92 Å². The van der Waals surface area contributed by atoms with E-state index < -0.39 is 0 Å². The van der Waals surface area contributed by atoms with E-state index in [-0.39, 0.29) is 11.5 Å². The summed E-state index contributed by atoms with van der Waals surface area (Å²) in [5.41, 5.74) is 4.25. The van der Waals surface area contributed by atoms with E-state index in [2.05, 4.69) is 19.7 Å². The molecule has 3 aromatic heterocycles. The molecule has 0 N–H and O–H groups in total. The van der Waals surface area contributed by atoms with Gasteiger partial charge < -0.3 is 13.7 Å². The van der Waals surface area contributed by atoms with E-state index in [0.29, 0.717) is 34.3 Å². The van der Waals surface area contributed by atoms with Crippen LogP contribution in [0.1, 0.15) is 27.3 Å². The first-order chi connectivity index (χ1) is 16.0. The van der Waals surface area contributed by atoms with Gasteiger partial charge >= 0.3 is 0 Å². The maximum absolute atomic E-state index is 13.6. The molecule has 0 saturated heterocycles. The van der Waals surface area contributed by atoms with Crippen LogP contribution in [0.3, 0.4) is 0 Å².